The van der Waals surface area contributed by atoms with Crippen LogP contribution in [0.1, 0.15) is 42.7 Å². The molecule has 0 saturated carbocycles. The molecule has 2 aromatic carbocycles. The Morgan fingerprint density at radius 1 is 1.04 bits per heavy atom. The van der Waals surface area contributed by atoms with Crippen molar-refractivity contribution in [2.45, 2.75) is 37.8 Å². The van der Waals surface area contributed by atoms with Gasteiger partial charge in [0, 0.05) is 6.07 Å². The van der Waals surface area contributed by atoms with Crippen LogP contribution >= 0.6 is 0 Å². The molecule has 0 N–H and O–H groups in total. The van der Waals surface area contributed by atoms with E-state index in [9.17, 15) is 0 Å². The van der Waals surface area contributed by atoms with Crippen molar-refractivity contribution < 1.29 is 18.9 Å². The van der Waals surface area contributed by atoms with Crippen LogP contribution in [0.5, 0.6) is 17.2 Å². The zero-order valence-corrected chi connectivity index (χ0v) is 14.5. The van der Waals surface area contributed by atoms with Crippen molar-refractivity contribution in [3.63, 3.8) is 0 Å². The maximum absolute atomic E-state index is 6.34. The summed E-state index contributed by atoms with van der Waals surface area (Å²) in [5.74, 6) is 2.36. The van der Waals surface area contributed by atoms with E-state index in [2.05, 4.69) is 18.2 Å². The van der Waals surface area contributed by atoms with E-state index in [0.29, 0.717) is 0 Å². The first kappa shape index (κ1) is 14.8. The Morgan fingerprint density at radius 3 is 2.60 bits per heavy atom. The van der Waals surface area contributed by atoms with Crippen molar-refractivity contribution in [3.05, 3.63) is 59.2 Å². The SMILES string of the molecule is COc1c2c(cc3c1[C@@H]1O[C@@H]1[C@@H](c1ccccc1)O3)OC(C)(C)C=C2. The summed E-state index contributed by atoms with van der Waals surface area (Å²) in [6.07, 6.45) is 4.06. The van der Waals surface area contributed by atoms with E-state index in [1.165, 1.54) is 0 Å². The quantitative estimate of drug-likeness (QED) is 0.760. The summed E-state index contributed by atoms with van der Waals surface area (Å²) in [4.78, 5) is 0. The molecule has 3 aliphatic rings. The summed E-state index contributed by atoms with van der Waals surface area (Å²) >= 11 is 0. The molecule has 0 unspecified atom stereocenters. The third kappa shape index (κ3) is 2.24. The van der Waals surface area contributed by atoms with Gasteiger partial charge in [-0.1, -0.05) is 30.3 Å². The van der Waals surface area contributed by atoms with Crippen LogP contribution in [-0.4, -0.2) is 18.8 Å². The molecule has 128 valence electrons. The number of ether oxygens (including phenoxy) is 4. The van der Waals surface area contributed by atoms with Gasteiger partial charge in [-0.2, -0.15) is 0 Å². The molecule has 1 saturated heterocycles. The maximum Gasteiger partial charge on any atom is 0.153 e. The third-order valence-corrected chi connectivity index (χ3v) is 5.00. The number of epoxide rings is 1. The molecule has 1 fully saturated rings. The van der Waals surface area contributed by atoms with E-state index >= 15 is 0 Å². The molecule has 0 aromatic heterocycles. The highest BCUT2D eigenvalue weighted by Gasteiger charge is 2.54. The molecule has 3 heterocycles. The summed E-state index contributed by atoms with van der Waals surface area (Å²) in [5, 5.41) is 0. The van der Waals surface area contributed by atoms with Crippen LogP contribution in [0.2, 0.25) is 0 Å². The predicted molar refractivity (Wildman–Crippen MR) is 94.2 cm³/mol. The van der Waals surface area contributed by atoms with Gasteiger partial charge in [0.25, 0.3) is 0 Å². The highest BCUT2D eigenvalue weighted by molar-refractivity contribution is 5.73. The summed E-state index contributed by atoms with van der Waals surface area (Å²) in [6.45, 7) is 4.07. The second-order valence-electron chi connectivity index (χ2n) is 7.24. The lowest BCUT2D eigenvalue weighted by Crippen LogP contribution is -2.28. The second kappa shape index (κ2) is 5.02. The van der Waals surface area contributed by atoms with Crippen molar-refractivity contribution in [1.82, 2.24) is 0 Å². The molecule has 25 heavy (non-hydrogen) atoms. The third-order valence-electron chi connectivity index (χ3n) is 5.00. The molecule has 0 spiro atoms. The van der Waals surface area contributed by atoms with Crippen molar-refractivity contribution in [3.8, 4) is 17.2 Å². The monoisotopic (exact) mass is 336 g/mol. The van der Waals surface area contributed by atoms with Gasteiger partial charge < -0.3 is 18.9 Å². The fourth-order valence-electron chi connectivity index (χ4n) is 3.76. The topological polar surface area (TPSA) is 40.2 Å². The standard InChI is InChI=1S/C21H20O4/c1-21(2)10-9-13-14(25-21)11-15-16(18(13)22-3)19-20(24-19)17(23-15)12-7-5-4-6-8-12/h4-11,17,19-20H,1-3H3/t17-,19+,20-/m1/s1. The Labute approximate surface area is 147 Å². The van der Waals surface area contributed by atoms with Gasteiger partial charge in [-0.05, 0) is 31.6 Å². The first-order valence-electron chi connectivity index (χ1n) is 8.57. The minimum atomic E-state index is -0.349. The lowest BCUT2D eigenvalue weighted by molar-refractivity contribution is 0.148. The minimum absolute atomic E-state index is 0.0116. The Morgan fingerprint density at radius 2 is 1.84 bits per heavy atom. The van der Waals surface area contributed by atoms with Crippen molar-refractivity contribution in [2.24, 2.45) is 0 Å². The summed E-state index contributed by atoms with van der Waals surface area (Å²) in [7, 11) is 1.68. The molecule has 4 nitrogen and oxygen atoms in total. The largest absolute Gasteiger partial charge is 0.495 e. The van der Waals surface area contributed by atoms with E-state index in [1.54, 1.807) is 7.11 Å². The Bertz CT molecular complexity index is 869. The average Bonchev–Trinajstić information content (AvgIpc) is 3.39. The van der Waals surface area contributed by atoms with E-state index < -0.39 is 0 Å². The molecule has 3 aliphatic heterocycles. The highest BCUT2D eigenvalue weighted by atomic mass is 16.6. The van der Waals surface area contributed by atoms with Gasteiger partial charge in [0.2, 0.25) is 0 Å². The maximum atomic E-state index is 6.34. The molecule has 4 heteroatoms. The molecular weight excluding hydrogens is 316 g/mol. The van der Waals surface area contributed by atoms with E-state index in [-0.39, 0.29) is 23.9 Å². The van der Waals surface area contributed by atoms with Crippen molar-refractivity contribution >= 4 is 6.08 Å². The van der Waals surface area contributed by atoms with Gasteiger partial charge in [-0.15, -0.1) is 0 Å². The number of methoxy groups -OCH3 is 1. The van der Waals surface area contributed by atoms with Crippen molar-refractivity contribution in [2.75, 3.05) is 7.11 Å². The van der Waals surface area contributed by atoms with Gasteiger partial charge >= 0.3 is 0 Å². The van der Waals surface area contributed by atoms with Gasteiger partial charge in [0.1, 0.15) is 35.1 Å². The summed E-state index contributed by atoms with van der Waals surface area (Å²) < 4.78 is 24.2. The summed E-state index contributed by atoms with van der Waals surface area (Å²) in [6, 6.07) is 12.2. The van der Waals surface area contributed by atoms with Crippen LogP contribution in [0, 0.1) is 0 Å². The van der Waals surface area contributed by atoms with Crippen LogP contribution in [-0.2, 0) is 4.74 Å². The lowest BCUT2D eigenvalue weighted by atomic mass is 9.93. The van der Waals surface area contributed by atoms with Crippen LogP contribution < -0.4 is 14.2 Å². The number of hydrogen-bond acceptors (Lipinski definition) is 4. The predicted octanol–water partition coefficient (Wildman–Crippen LogP) is 4.45. The summed E-state index contributed by atoms with van der Waals surface area (Å²) in [5.41, 5.74) is 2.72. The number of rotatable bonds is 2. The molecule has 0 amide bonds. The van der Waals surface area contributed by atoms with Gasteiger partial charge in [-0.25, -0.2) is 0 Å². The van der Waals surface area contributed by atoms with Crippen molar-refractivity contribution in [1.29, 1.82) is 0 Å². The number of benzene rings is 2. The van der Waals surface area contributed by atoms with E-state index in [1.807, 2.05) is 44.2 Å². The van der Waals surface area contributed by atoms with Crippen LogP contribution in [0.3, 0.4) is 0 Å². The Kier molecular flexibility index (Phi) is 2.98. The van der Waals surface area contributed by atoms with Gasteiger partial charge in [0.05, 0.1) is 18.2 Å². The fraction of sp³-hybridized carbons (Fsp3) is 0.333. The Hall–Kier alpha value is -2.46. The second-order valence-corrected chi connectivity index (χ2v) is 7.24. The first-order valence-corrected chi connectivity index (χ1v) is 8.57. The molecular formula is C21H20O4. The lowest BCUT2D eigenvalue weighted by Gasteiger charge is -2.31. The van der Waals surface area contributed by atoms with Gasteiger partial charge in [-0.3, -0.25) is 0 Å². The number of hydrogen-bond donors (Lipinski definition) is 0. The highest BCUT2D eigenvalue weighted by Crippen LogP contribution is 2.59. The molecule has 0 aliphatic carbocycles. The first-order chi connectivity index (χ1) is 12.1. The molecule has 3 atom stereocenters. The van der Waals surface area contributed by atoms with E-state index in [0.717, 1.165) is 33.9 Å². The van der Waals surface area contributed by atoms with E-state index in [4.69, 9.17) is 18.9 Å². The van der Waals surface area contributed by atoms with Gasteiger partial charge in [0.15, 0.2) is 6.10 Å². The molecule has 2 aromatic rings. The molecule has 5 rings (SSSR count). The minimum Gasteiger partial charge on any atom is -0.495 e. The fourth-order valence-corrected chi connectivity index (χ4v) is 3.76. The smallest absolute Gasteiger partial charge is 0.153 e. The van der Waals surface area contributed by atoms with Crippen LogP contribution in [0.4, 0.5) is 0 Å². The average molecular weight is 336 g/mol. The molecule has 0 bridgehead atoms. The molecule has 0 radical (unpaired) electrons. The zero-order valence-electron chi connectivity index (χ0n) is 14.5. The zero-order chi connectivity index (χ0) is 17.2. The van der Waals surface area contributed by atoms with Crippen LogP contribution in [0.25, 0.3) is 6.08 Å². The normalized spacial score (nSPS) is 27.2. The number of fused-ring (bicyclic) bond motifs is 4. The van der Waals surface area contributed by atoms with Crippen LogP contribution in [0.15, 0.2) is 42.5 Å². The Balaban J connectivity index is 1.62.